The van der Waals surface area contributed by atoms with E-state index >= 15 is 0 Å². The van der Waals surface area contributed by atoms with Gasteiger partial charge in [0.15, 0.2) is 5.96 Å². The molecule has 0 bridgehead atoms. The van der Waals surface area contributed by atoms with Gasteiger partial charge in [-0.25, -0.2) is 4.79 Å². The Labute approximate surface area is 184 Å². The van der Waals surface area contributed by atoms with Crippen molar-refractivity contribution in [2.75, 3.05) is 18.8 Å². The number of guanidine groups is 1. The van der Waals surface area contributed by atoms with E-state index in [1.54, 1.807) is 0 Å². The van der Waals surface area contributed by atoms with Gasteiger partial charge in [0.05, 0.1) is 6.54 Å². The maximum Gasteiger partial charge on any atom is 0.326 e. The van der Waals surface area contributed by atoms with Gasteiger partial charge in [-0.2, -0.15) is 12.6 Å². The number of thiol groups is 1. The second-order valence-electron chi connectivity index (χ2n) is 6.42. The number of hydrogen-bond acceptors (Lipinski definition) is 8. The summed E-state index contributed by atoms with van der Waals surface area (Å²) in [4.78, 5) is 62.6. The lowest BCUT2D eigenvalue weighted by atomic mass is 10.1. The van der Waals surface area contributed by atoms with Crippen LogP contribution in [-0.4, -0.2) is 77.6 Å². The Hall–Kier alpha value is -3.07. The van der Waals surface area contributed by atoms with Crippen molar-refractivity contribution in [3.05, 3.63) is 0 Å². The van der Waals surface area contributed by atoms with Gasteiger partial charge in [0.25, 0.3) is 0 Å². The number of aliphatic imine (C=N–C) groups is 1. The van der Waals surface area contributed by atoms with E-state index in [1.165, 1.54) is 0 Å². The zero-order valence-corrected chi connectivity index (χ0v) is 17.8. The molecule has 0 heterocycles. The first kappa shape index (κ1) is 27.9. The first-order valence-corrected chi connectivity index (χ1v) is 9.92. The van der Waals surface area contributed by atoms with Crippen LogP contribution in [0.3, 0.4) is 0 Å². The van der Waals surface area contributed by atoms with Crippen molar-refractivity contribution in [1.29, 1.82) is 0 Å². The van der Waals surface area contributed by atoms with Crippen LogP contribution in [-0.2, 0) is 24.0 Å². The molecule has 14 nitrogen and oxygen atoms in total. The van der Waals surface area contributed by atoms with Crippen LogP contribution in [0.25, 0.3) is 0 Å². The summed E-state index contributed by atoms with van der Waals surface area (Å²) >= 11 is 4.00. The highest BCUT2D eigenvalue weighted by molar-refractivity contribution is 7.80. The number of carbonyl (C=O) groups excluding carboxylic acids is 4. The minimum Gasteiger partial charge on any atom is -0.480 e. The number of nitrogens with zero attached hydrogens (tertiary/aromatic N) is 1. The highest BCUT2D eigenvalue weighted by Gasteiger charge is 2.29. The average Bonchev–Trinajstić information content (AvgIpc) is 2.70. The molecule has 31 heavy (non-hydrogen) atoms. The van der Waals surface area contributed by atoms with E-state index in [-0.39, 0.29) is 50.5 Å². The summed E-state index contributed by atoms with van der Waals surface area (Å²) < 4.78 is 0. The third kappa shape index (κ3) is 12.3. The monoisotopic (exact) mass is 462 g/mol. The van der Waals surface area contributed by atoms with Crippen molar-refractivity contribution in [3.63, 3.8) is 0 Å². The number of carboxylic acid groups (broad SMARTS) is 1. The number of amides is 4. The quantitative estimate of drug-likeness (QED) is 0.0493. The summed E-state index contributed by atoms with van der Waals surface area (Å²) in [5.74, 6) is -4.45. The molecule has 3 atom stereocenters. The predicted octanol–water partition coefficient (Wildman–Crippen LogP) is -4.27. The molecule has 4 amide bonds. The first-order chi connectivity index (χ1) is 14.5. The summed E-state index contributed by atoms with van der Waals surface area (Å²) in [5.41, 5.74) is 20.7. The summed E-state index contributed by atoms with van der Waals surface area (Å²) in [5, 5.41) is 16.3. The van der Waals surface area contributed by atoms with E-state index in [1.807, 2.05) is 0 Å². The molecule has 0 saturated heterocycles. The standard InChI is InChI=1S/C16H30N8O6S/c17-6-12(26)22-10(7-31)14(28)23-8(2-1-5-21-16(19)20)13(27)24-9(15(29)30)3-4-11(18)25/h8-10,31H,1-7,17H2,(H2,18,25)(H,22,26)(H,23,28)(H,24,27)(H,29,30)(H4,19,20,21). The molecule has 0 aromatic carbocycles. The molecule has 0 rings (SSSR count). The smallest absolute Gasteiger partial charge is 0.326 e. The summed E-state index contributed by atoms with van der Waals surface area (Å²) in [6, 6.07) is -3.64. The number of aliphatic carboxylic acids is 1. The number of primary amides is 1. The number of carbonyl (C=O) groups is 5. The molecule has 0 spiro atoms. The van der Waals surface area contributed by atoms with Crippen molar-refractivity contribution in [2.24, 2.45) is 27.9 Å². The SMILES string of the molecule is NCC(=O)NC(CS)C(=O)NC(CCCN=C(N)N)C(=O)NC(CCC(N)=O)C(=O)O. The fourth-order valence-corrected chi connectivity index (χ4v) is 2.57. The lowest BCUT2D eigenvalue weighted by Gasteiger charge is -2.23. The Morgan fingerprint density at radius 1 is 0.903 bits per heavy atom. The number of nitrogens with two attached hydrogens (primary N) is 4. The van der Waals surface area contributed by atoms with Gasteiger partial charge >= 0.3 is 5.97 Å². The molecule has 0 fully saturated rings. The predicted molar refractivity (Wildman–Crippen MR) is 115 cm³/mol. The summed E-state index contributed by atoms with van der Waals surface area (Å²) in [7, 11) is 0. The summed E-state index contributed by atoms with van der Waals surface area (Å²) in [6.45, 7) is -0.188. The van der Waals surface area contributed by atoms with E-state index in [0.29, 0.717) is 0 Å². The van der Waals surface area contributed by atoms with Gasteiger partial charge in [-0.05, 0) is 19.3 Å². The minimum atomic E-state index is -1.39. The van der Waals surface area contributed by atoms with Gasteiger partial charge in [-0.15, -0.1) is 0 Å². The number of carboxylic acids is 1. The third-order valence-corrected chi connectivity index (χ3v) is 4.26. The number of nitrogens with one attached hydrogen (secondary N) is 3. The van der Waals surface area contributed by atoms with E-state index < -0.39 is 47.7 Å². The van der Waals surface area contributed by atoms with Crippen LogP contribution in [0.5, 0.6) is 0 Å². The van der Waals surface area contributed by atoms with E-state index in [9.17, 15) is 29.1 Å². The second-order valence-corrected chi connectivity index (χ2v) is 6.79. The Bertz CT molecular complexity index is 685. The first-order valence-electron chi connectivity index (χ1n) is 9.29. The summed E-state index contributed by atoms with van der Waals surface area (Å²) in [6.07, 6.45) is -0.154. The van der Waals surface area contributed by atoms with Crippen molar-refractivity contribution in [3.8, 4) is 0 Å². The molecule has 0 aliphatic heterocycles. The van der Waals surface area contributed by atoms with Gasteiger partial charge in [-0.3, -0.25) is 24.2 Å². The topological polar surface area (TPSA) is 258 Å². The molecule has 0 radical (unpaired) electrons. The Kier molecular flexibility index (Phi) is 13.4. The lowest BCUT2D eigenvalue weighted by Crippen LogP contribution is -2.56. The van der Waals surface area contributed by atoms with Crippen LogP contribution < -0.4 is 38.9 Å². The van der Waals surface area contributed by atoms with Gasteiger partial charge in [-0.1, -0.05) is 0 Å². The Morgan fingerprint density at radius 2 is 1.48 bits per heavy atom. The number of rotatable bonds is 15. The zero-order chi connectivity index (χ0) is 24.0. The molecule has 0 saturated carbocycles. The molecule has 15 heteroatoms. The number of hydrogen-bond donors (Lipinski definition) is 9. The molecule has 0 aromatic rings. The Balaban J connectivity index is 5.31. The highest BCUT2D eigenvalue weighted by Crippen LogP contribution is 2.04. The van der Waals surface area contributed by atoms with Crippen LogP contribution in [0.1, 0.15) is 25.7 Å². The normalized spacial score (nSPS) is 13.2. The highest BCUT2D eigenvalue weighted by atomic mass is 32.1. The van der Waals surface area contributed by atoms with E-state index in [0.717, 1.165) is 0 Å². The third-order valence-electron chi connectivity index (χ3n) is 3.89. The van der Waals surface area contributed by atoms with Crippen LogP contribution in [0, 0.1) is 0 Å². The molecular formula is C16H30N8O6S. The van der Waals surface area contributed by atoms with Gasteiger partial charge in [0.2, 0.25) is 23.6 Å². The molecule has 12 N–H and O–H groups in total. The molecule has 0 aliphatic carbocycles. The van der Waals surface area contributed by atoms with Crippen molar-refractivity contribution < 1.29 is 29.1 Å². The molecule has 3 unspecified atom stereocenters. The van der Waals surface area contributed by atoms with Crippen LogP contribution in [0.2, 0.25) is 0 Å². The van der Waals surface area contributed by atoms with Crippen molar-refractivity contribution in [2.45, 2.75) is 43.8 Å². The minimum absolute atomic E-state index is 0.0562. The molecule has 176 valence electrons. The largest absolute Gasteiger partial charge is 0.480 e. The lowest BCUT2D eigenvalue weighted by molar-refractivity contribution is -0.142. The van der Waals surface area contributed by atoms with Crippen LogP contribution in [0.4, 0.5) is 0 Å². The maximum atomic E-state index is 12.6. The van der Waals surface area contributed by atoms with Gasteiger partial charge in [0.1, 0.15) is 18.1 Å². The van der Waals surface area contributed by atoms with E-state index in [4.69, 9.17) is 22.9 Å². The fourth-order valence-electron chi connectivity index (χ4n) is 2.31. The van der Waals surface area contributed by atoms with Crippen LogP contribution in [0.15, 0.2) is 4.99 Å². The van der Waals surface area contributed by atoms with Gasteiger partial charge < -0.3 is 44.0 Å². The van der Waals surface area contributed by atoms with Gasteiger partial charge in [0, 0.05) is 18.7 Å². The van der Waals surface area contributed by atoms with Crippen molar-refractivity contribution in [1.82, 2.24) is 16.0 Å². The maximum absolute atomic E-state index is 12.6. The Morgan fingerprint density at radius 3 is 1.97 bits per heavy atom. The molecule has 0 aliphatic rings. The second kappa shape index (κ2) is 14.8. The molecule has 0 aromatic heterocycles. The van der Waals surface area contributed by atoms with E-state index in [2.05, 4.69) is 33.6 Å². The van der Waals surface area contributed by atoms with Crippen LogP contribution >= 0.6 is 12.6 Å². The zero-order valence-electron chi connectivity index (χ0n) is 16.9. The average molecular weight is 463 g/mol. The fraction of sp³-hybridized carbons (Fsp3) is 0.625. The molecular weight excluding hydrogens is 432 g/mol. The van der Waals surface area contributed by atoms with Crippen molar-refractivity contribution >= 4 is 48.2 Å².